The molecule has 0 atom stereocenters. The molecule has 0 spiro atoms. The molecular formula is C11H14O4. The summed E-state index contributed by atoms with van der Waals surface area (Å²) in [4.78, 5) is 11.3. The van der Waals surface area contributed by atoms with Crippen LogP contribution in [0.2, 0.25) is 0 Å². The first-order valence-electron chi connectivity index (χ1n) is 4.72. The quantitative estimate of drug-likeness (QED) is 0.592. The number of rotatable bonds is 3. The molecule has 15 heavy (non-hydrogen) atoms. The summed E-state index contributed by atoms with van der Waals surface area (Å²) in [6, 6.07) is 4.15. The first kappa shape index (κ1) is 11.4. The molecule has 0 fully saturated rings. The van der Waals surface area contributed by atoms with E-state index in [9.17, 15) is 15.0 Å². The summed E-state index contributed by atoms with van der Waals surface area (Å²) in [5.41, 5.74) is 0. The van der Waals surface area contributed by atoms with Gasteiger partial charge in [0, 0.05) is 6.42 Å². The van der Waals surface area contributed by atoms with Crippen molar-refractivity contribution in [2.75, 3.05) is 0 Å². The second kappa shape index (κ2) is 4.68. The van der Waals surface area contributed by atoms with Crippen LogP contribution in [-0.2, 0) is 4.79 Å². The van der Waals surface area contributed by atoms with Gasteiger partial charge >= 0.3 is 5.97 Å². The van der Waals surface area contributed by atoms with Crippen LogP contribution in [0.3, 0.4) is 0 Å². The Labute approximate surface area is 88.1 Å². The topological polar surface area (TPSA) is 66.8 Å². The number of benzene rings is 1. The predicted octanol–water partition coefficient (Wildman–Crippen LogP) is 2.05. The van der Waals surface area contributed by atoms with Gasteiger partial charge in [-0.2, -0.15) is 0 Å². The molecule has 4 heteroatoms. The summed E-state index contributed by atoms with van der Waals surface area (Å²) in [6.45, 7) is 3.76. The lowest BCUT2D eigenvalue weighted by atomic mass is 10.1. The fourth-order valence-corrected chi connectivity index (χ4v) is 1.11. The normalized spacial score (nSPS) is 10.3. The van der Waals surface area contributed by atoms with Crippen LogP contribution >= 0.6 is 0 Å². The van der Waals surface area contributed by atoms with Gasteiger partial charge in [0.2, 0.25) is 5.75 Å². The van der Waals surface area contributed by atoms with Gasteiger partial charge in [0.05, 0.1) is 0 Å². The zero-order valence-electron chi connectivity index (χ0n) is 8.73. The fourth-order valence-electron chi connectivity index (χ4n) is 1.11. The minimum atomic E-state index is -0.471. The highest BCUT2D eigenvalue weighted by atomic mass is 16.5. The molecule has 0 amide bonds. The van der Waals surface area contributed by atoms with Crippen LogP contribution in [0.25, 0.3) is 0 Å². The Bertz CT molecular complexity index is 337. The fraction of sp³-hybridized carbons (Fsp3) is 0.364. The van der Waals surface area contributed by atoms with Crippen molar-refractivity contribution < 1.29 is 19.7 Å². The molecule has 4 nitrogen and oxygen atoms in total. The van der Waals surface area contributed by atoms with Crippen LogP contribution in [0.1, 0.15) is 20.3 Å². The molecular weight excluding hydrogens is 196 g/mol. The molecule has 1 aromatic carbocycles. The average molecular weight is 210 g/mol. The molecule has 1 rings (SSSR count). The SMILES string of the molecule is CC(C)CC(=O)Oc1c(O)cccc1O. The van der Waals surface area contributed by atoms with Crippen molar-refractivity contribution in [3.05, 3.63) is 18.2 Å². The van der Waals surface area contributed by atoms with Gasteiger partial charge in [0.1, 0.15) is 0 Å². The second-order valence-corrected chi connectivity index (χ2v) is 3.70. The standard InChI is InChI=1S/C11H14O4/c1-7(2)6-10(14)15-11-8(12)4-3-5-9(11)13/h3-5,7,12-13H,6H2,1-2H3. The average Bonchev–Trinajstić information content (AvgIpc) is 2.10. The van der Waals surface area contributed by atoms with Crippen LogP contribution in [-0.4, -0.2) is 16.2 Å². The lowest BCUT2D eigenvalue weighted by Gasteiger charge is -2.08. The summed E-state index contributed by atoms with van der Waals surface area (Å²) in [7, 11) is 0. The van der Waals surface area contributed by atoms with Gasteiger partial charge in [-0.1, -0.05) is 19.9 Å². The Kier molecular flexibility index (Phi) is 3.55. The van der Waals surface area contributed by atoms with Crippen molar-refractivity contribution in [3.8, 4) is 17.2 Å². The Morgan fingerprint density at radius 2 is 1.87 bits per heavy atom. The molecule has 0 bridgehead atoms. The molecule has 2 N–H and O–H groups in total. The van der Waals surface area contributed by atoms with E-state index in [2.05, 4.69) is 0 Å². The first-order valence-corrected chi connectivity index (χ1v) is 4.72. The van der Waals surface area contributed by atoms with E-state index in [0.717, 1.165) is 0 Å². The van der Waals surface area contributed by atoms with Gasteiger partial charge in [-0.15, -0.1) is 0 Å². The third kappa shape index (κ3) is 3.16. The van der Waals surface area contributed by atoms with Crippen LogP contribution in [0.5, 0.6) is 17.2 Å². The Balaban J connectivity index is 2.76. The van der Waals surface area contributed by atoms with Gasteiger partial charge in [-0.3, -0.25) is 4.79 Å². The maximum absolute atomic E-state index is 11.3. The number of hydrogen-bond acceptors (Lipinski definition) is 4. The monoisotopic (exact) mass is 210 g/mol. The van der Waals surface area contributed by atoms with E-state index in [-0.39, 0.29) is 29.6 Å². The summed E-state index contributed by atoms with van der Waals surface area (Å²) in [6.07, 6.45) is 0.244. The lowest BCUT2D eigenvalue weighted by molar-refractivity contribution is -0.135. The molecule has 0 aliphatic rings. The van der Waals surface area contributed by atoms with Gasteiger partial charge in [0.15, 0.2) is 11.5 Å². The number of hydrogen-bond donors (Lipinski definition) is 2. The molecule has 1 aromatic rings. The summed E-state index contributed by atoms with van der Waals surface area (Å²) >= 11 is 0. The number of aromatic hydroxyl groups is 2. The van der Waals surface area contributed by atoms with E-state index in [4.69, 9.17) is 4.74 Å². The Morgan fingerprint density at radius 1 is 1.33 bits per heavy atom. The van der Waals surface area contributed by atoms with Crippen LogP contribution in [0.4, 0.5) is 0 Å². The summed E-state index contributed by atoms with van der Waals surface area (Å²) in [5, 5.41) is 18.7. The van der Waals surface area contributed by atoms with Gasteiger partial charge in [-0.25, -0.2) is 0 Å². The highest BCUT2D eigenvalue weighted by molar-refractivity contribution is 5.74. The number of carbonyl (C=O) groups is 1. The van der Waals surface area contributed by atoms with Crippen molar-refractivity contribution in [2.45, 2.75) is 20.3 Å². The minimum absolute atomic E-state index is 0.172. The zero-order valence-corrected chi connectivity index (χ0v) is 8.73. The summed E-state index contributed by atoms with van der Waals surface area (Å²) < 4.78 is 4.85. The number of phenolic OH excluding ortho intramolecular Hbond substituents is 2. The summed E-state index contributed by atoms with van der Waals surface area (Å²) in [5.74, 6) is -0.963. The van der Waals surface area contributed by atoms with Crippen LogP contribution < -0.4 is 4.74 Å². The molecule has 0 aliphatic heterocycles. The molecule has 0 unspecified atom stereocenters. The molecule has 0 saturated carbocycles. The number of esters is 1. The number of carbonyl (C=O) groups excluding carboxylic acids is 1. The van der Waals surface area contributed by atoms with Gasteiger partial charge in [0.25, 0.3) is 0 Å². The van der Waals surface area contributed by atoms with Crippen molar-refractivity contribution in [2.24, 2.45) is 5.92 Å². The molecule has 0 heterocycles. The Hall–Kier alpha value is -1.71. The lowest BCUT2D eigenvalue weighted by Crippen LogP contribution is -2.10. The van der Waals surface area contributed by atoms with E-state index < -0.39 is 5.97 Å². The molecule has 0 aromatic heterocycles. The molecule has 82 valence electrons. The first-order chi connectivity index (χ1) is 7.00. The Morgan fingerprint density at radius 3 is 2.33 bits per heavy atom. The third-order valence-corrected chi connectivity index (χ3v) is 1.76. The van der Waals surface area contributed by atoms with Crippen molar-refractivity contribution in [1.82, 2.24) is 0 Å². The van der Waals surface area contributed by atoms with E-state index in [1.54, 1.807) is 0 Å². The zero-order chi connectivity index (χ0) is 11.4. The minimum Gasteiger partial charge on any atom is -0.504 e. The highest BCUT2D eigenvalue weighted by Gasteiger charge is 2.14. The smallest absolute Gasteiger partial charge is 0.311 e. The molecule has 0 radical (unpaired) electrons. The van der Waals surface area contributed by atoms with Gasteiger partial charge < -0.3 is 14.9 Å². The predicted molar refractivity (Wildman–Crippen MR) is 54.9 cm³/mol. The third-order valence-electron chi connectivity index (χ3n) is 1.76. The van der Waals surface area contributed by atoms with E-state index in [0.29, 0.717) is 0 Å². The molecule has 0 saturated heterocycles. The van der Waals surface area contributed by atoms with E-state index in [1.807, 2.05) is 13.8 Å². The van der Waals surface area contributed by atoms with E-state index >= 15 is 0 Å². The maximum Gasteiger partial charge on any atom is 0.311 e. The maximum atomic E-state index is 11.3. The molecule has 0 aliphatic carbocycles. The van der Waals surface area contributed by atoms with Crippen LogP contribution in [0, 0.1) is 5.92 Å². The van der Waals surface area contributed by atoms with E-state index in [1.165, 1.54) is 18.2 Å². The van der Waals surface area contributed by atoms with Crippen molar-refractivity contribution >= 4 is 5.97 Å². The van der Waals surface area contributed by atoms with Gasteiger partial charge in [-0.05, 0) is 18.1 Å². The second-order valence-electron chi connectivity index (χ2n) is 3.70. The largest absolute Gasteiger partial charge is 0.504 e. The van der Waals surface area contributed by atoms with Crippen molar-refractivity contribution in [3.63, 3.8) is 0 Å². The number of ether oxygens (including phenoxy) is 1. The highest BCUT2D eigenvalue weighted by Crippen LogP contribution is 2.35. The number of para-hydroxylation sites is 1. The number of phenols is 2. The van der Waals surface area contributed by atoms with Crippen LogP contribution in [0.15, 0.2) is 18.2 Å². The van der Waals surface area contributed by atoms with Crippen molar-refractivity contribution in [1.29, 1.82) is 0 Å².